The highest BCUT2D eigenvalue weighted by Crippen LogP contribution is 2.41. The quantitative estimate of drug-likeness (QED) is 0.864. The molecular formula is C20H29N3O2. The van der Waals surface area contributed by atoms with Gasteiger partial charge in [0.25, 0.3) is 0 Å². The lowest BCUT2D eigenvalue weighted by Crippen LogP contribution is -2.30. The Labute approximate surface area is 150 Å². The Bertz CT molecular complexity index is 648. The second kappa shape index (κ2) is 7.46. The third-order valence-corrected chi connectivity index (χ3v) is 5.46. The summed E-state index contributed by atoms with van der Waals surface area (Å²) in [5.41, 5.74) is 3.08. The van der Waals surface area contributed by atoms with Crippen LogP contribution in [-0.4, -0.2) is 42.9 Å². The molecule has 2 fully saturated rings. The standard InChI is InChI=1S/C20H29N3O2/c1-4-22(5-2)15-8-9-18(14(3)12-15)21-19(24)16-13-17(16)20(25)23-10-6-7-11-23/h8-9,12,16-17H,4-7,10-11,13H2,1-3H3,(H,21,24). The van der Waals surface area contributed by atoms with Crippen LogP contribution in [0.1, 0.15) is 38.7 Å². The zero-order chi connectivity index (χ0) is 18.0. The first-order valence-electron chi connectivity index (χ1n) is 9.50. The minimum atomic E-state index is -0.157. The highest BCUT2D eigenvalue weighted by molar-refractivity contribution is 6.00. The lowest BCUT2D eigenvalue weighted by Gasteiger charge is -2.22. The summed E-state index contributed by atoms with van der Waals surface area (Å²) in [4.78, 5) is 29.1. The number of nitrogens with zero attached hydrogens (tertiary/aromatic N) is 2. The number of anilines is 2. The molecule has 2 atom stereocenters. The number of nitrogens with one attached hydrogen (secondary N) is 1. The average Bonchev–Trinajstić information content (AvgIpc) is 3.22. The van der Waals surface area contributed by atoms with Gasteiger partial charge in [0.05, 0.1) is 11.8 Å². The minimum Gasteiger partial charge on any atom is -0.372 e. The van der Waals surface area contributed by atoms with Crippen LogP contribution in [-0.2, 0) is 9.59 Å². The molecule has 5 nitrogen and oxygen atoms in total. The topological polar surface area (TPSA) is 52.7 Å². The van der Waals surface area contributed by atoms with Crippen LogP contribution in [0.25, 0.3) is 0 Å². The van der Waals surface area contributed by atoms with E-state index in [1.807, 2.05) is 17.9 Å². The Balaban J connectivity index is 1.59. The third-order valence-electron chi connectivity index (χ3n) is 5.46. The van der Waals surface area contributed by atoms with Gasteiger partial charge in [0.15, 0.2) is 0 Å². The van der Waals surface area contributed by atoms with E-state index in [2.05, 4.69) is 36.2 Å². The van der Waals surface area contributed by atoms with E-state index in [9.17, 15) is 9.59 Å². The van der Waals surface area contributed by atoms with Crippen molar-refractivity contribution < 1.29 is 9.59 Å². The molecule has 1 N–H and O–H groups in total. The molecule has 1 aromatic rings. The van der Waals surface area contributed by atoms with Crippen molar-refractivity contribution in [2.75, 3.05) is 36.4 Å². The number of carbonyl (C=O) groups is 2. The van der Waals surface area contributed by atoms with Gasteiger partial charge in [-0.3, -0.25) is 9.59 Å². The molecule has 1 aliphatic carbocycles. The Hall–Kier alpha value is -2.04. The lowest BCUT2D eigenvalue weighted by atomic mass is 10.1. The molecule has 2 aliphatic rings. The number of benzene rings is 1. The summed E-state index contributed by atoms with van der Waals surface area (Å²) in [6, 6.07) is 6.14. The SMILES string of the molecule is CCN(CC)c1ccc(NC(=O)C2CC2C(=O)N2CCCC2)c(C)c1. The van der Waals surface area contributed by atoms with Crippen LogP contribution in [0, 0.1) is 18.8 Å². The smallest absolute Gasteiger partial charge is 0.228 e. The van der Waals surface area contributed by atoms with Crippen LogP contribution in [0.3, 0.4) is 0 Å². The molecule has 0 bridgehead atoms. The molecule has 136 valence electrons. The van der Waals surface area contributed by atoms with E-state index in [0.29, 0.717) is 6.42 Å². The summed E-state index contributed by atoms with van der Waals surface area (Å²) in [5, 5.41) is 3.02. The second-order valence-electron chi connectivity index (χ2n) is 7.14. The minimum absolute atomic E-state index is 0.0174. The van der Waals surface area contributed by atoms with Gasteiger partial charge in [0.1, 0.15) is 0 Å². The number of hydrogen-bond donors (Lipinski definition) is 1. The van der Waals surface area contributed by atoms with E-state index < -0.39 is 0 Å². The van der Waals surface area contributed by atoms with Gasteiger partial charge in [-0.15, -0.1) is 0 Å². The van der Waals surface area contributed by atoms with Gasteiger partial charge < -0.3 is 15.1 Å². The van der Waals surface area contributed by atoms with Crippen molar-refractivity contribution in [1.29, 1.82) is 0 Å². The first kappa shape index (κ1) is 17.8. The number of hydrogen-bond acceptors (Lipinski definition) is 3. The van der Waals surface area contributed by atoms with Gasteiger partial charge in [0, 0.05) is 37.6 Å². The van der Waals surface area contributed by atoms with E-state index in [1.54, 1.807) is 0 Å². The molecule has 1 aliphatic heterocycles. The maximum Gasteiger partial charge on any atom is 0.228 e. The Morgan fingerprint density at radius 1 is 1.16 bits per heavy atom. The zero-order valence-corrected chi connectivity index (χ0v) is 15.5. The molecule has 5 heteroatoms. The first-order valence-corrected chi connectivity index (χ1v) is 9.50. The van der Waals surface area contributed by atoms with Crippen LogP contribution in [0.15, 0.2) is 18.2 Å². The van der Waals surface area contributed by atoms with E-state index in [1.165, 1.54) is 5.69 Å². The van der Waals surface area contributed by atoms with Crippen molar-refractivity contribution in [3.8, 4) is 0 Å². The summed E-state index contributed by atoms with van der Waals surface area (Å²) >= 11 is 0. The molecule has 1 saturated heterocycles. The van der Waals surface area contributed by atoms with Crippen molar-refractivity contribution in [1.82, 2.24) is 4.90 Å². The Morgan fingerprint density at radius 3 is 2.44 bits per heavy atom. The van der Waals surface area contributed by atoms with Gasteiger partial charge in [-0.2, -0.15) is 0 Å². The van der Waals surface area contributed by atoms with Crippen molar-refractivity contribution in [2.24, 2.45) is 11.8 Å². The number of likely N-dealkylation sites (tertiary alicyclic amines) is 1. The van der Waals surface area contributed by atoms with Crippen LogP contribution >= 0.6 is 0 Å². The summed E-state index contributed by atoms with van der Waals surface area (Å²) in [6.45, 7) is 9.93. The molecule has 3 rings (SSSR count). The molecule has 0 spiro atoms. The average molecular weight is 343 g/mol. The molecule has 2 unspecified atom stereocenters. The van der Waals surface area contributed by atoms with Gasteiger partial charge in [-0.25, -0.2) is 0 Å². The predicted molar refractivity (Wildman–Crippen MR) is 101 cm³/mol. The molecule has 0 radical (unpaired) electrons. The van der Waals surface area contributed by atoms with Gasteiger partial charge >= 0.3 is 0 Å². The largest absolute Gasteiger partial charge is 0.372 e. The first-order chi connectivity index (χ1) is 12.0. The Morgan fingerprint density at radius 2 is 1.84 bits per heavy atom. The normalized spacial score (nSPS) is 22.0. The van der Waals surface area contributed by atoms with Crippen LogP contribution in [0.4, 0.5) is 11.4 Å². The van der Waals surface area contributed by atoms with Crippen molar-refractivity contribution in [3.05, 3.63) is 23.8 Å². The maximum atomic E-state index is 12.5. The van der Waals surface area contributed by atoms with Crippen molar-refractivity contribution in [2.45, 2.75) is 40.0 Å². The van der Waals surface area contributed by atoms with Crippen LogP contribution in [0.2, 0.25) is 0 Å². The van der Waals surface area contributed by atoms with Crippen molar-refractivity contribution in [3.63, 3.8) is 0 Å². The van der Waals surface area contributed by atoms with E-state index in [4.69, 9.17) is 0 Å². The molecule has 0 aromatic heterocycles. The van der Waals surface area contributed by atoms with E-state index in [-0.39, 0.29) is 23.7 Å². The van der Waals surface area contributed by atoms with Crippen LogP contribution < -0.4 is 10.2 Å². The summed E-state index contributed by atoms with van der Waals surface area (Å²) in [6.07, 6.45) is 2.87. The third kappa shape index (κ3) is 3.80. The van der Waals surface area contributed by atoms with Gasteiger partial charge in [-0.05, 0) is 63.8 Å². The maximum absolute atomic E-state index is 12.5. The summed E-state index contributed by atoms with van der Waals surface area (Å²) < 4.78 is 0. The number of amides is 2. The van der Waals surface area contributed by atoms with Crippen molar-refractivity contribution >= 4 is 23.2 Å². The highest BCUT2D eigenvalue weighted by Gasteiger charge is 2.49. The fourth-order valence-corrected chi connectivity index (χ4v) is 3.73. The predicted octanol–water partition coefficient (Wildman–Crippen LogP) is 3.04. The molecule has 2 amide bonds. The van der Waals surface area contributed by atoms with Gasteiger partial charge in [0.2, 0.25) is 11.8 Å². The monoisotopic (exact) mass is 343 g/mol. The molecule has 1 heterocycles. The fraction of sp³-hybridized carbons (Fsp3) is 0.600. The highest BCUT2D eigenvalue weighted by atomic mass is 16.2. The fourth-order valence-electron chi connectivity index (χ4n) is 3.73. The van der Waals surface area contributed by atoms with Gasteiger partial charge in [-0.1, -0.05) is 0 Å². The van der Waals surface area contributed by atoms with Crippen LogP contribution in [0.5, 0.6) is 0 Å². The summed E-state index contributed by atoms with van der Waals surface area (Å²) in [7, 11) is 0. The molecule has 1 aromatic carbocycles. The summed E-state index contributed by atoms with van der Waals surface area (Å²) in [5.74, 6) is -0.106. The number of carbonyl (C=O) groups excluding carboxylic acids is 2. The number of aryl methyl sites for hydroxylation is 1. The Kier molecular flexibility index (Phi) is 5.30. The molecule has 1 saturated carbocycles. The molecular weight excluding hydrogens is 314 g/mol. The number of rotatable bonds is 6. The second-order valence-corrected chi connectivity index (χ2v) is 7.14. The molecule has 25 heavy (non-hydrogen) atoms. The van der Waals surface area contributed by atoms with E-state index >= 15 is 0 Å². The van der Waals surface area contributed by atoms with E-state index in [0.717, 1.165) is 50.3 Å². The zero-order valence-electron chi connectivity index (χ0n) is 15.5. The lowest BCUT2D eigenvalue weighted by molar-refractivity contribution is -0.133.